The lowest BCUT2D eigenvalue weighted by Crippen LogP contribution is -2.26. The van der Waals surface area contributed by atoms with Crippen LogP contribution in [0.15, 0.2) is 36.5 Å². The minimum absolute atomic E-state index is 0. The van der Waals surface area contributed by atoms with E-state index in [1.807, 2.05) is 0 Å². The molecule has 9 heteroatoms. The van der Waals surface area contributed by atoms with E-state index in [0.29, 0.717) is 40.3 Å². The monoisotopic (exact) mass is 454 g/mol. The van der Waals surface area contributed by atoms with Gasteiger partial charge in [-0.15, -0.1) is 24.8 Å². The summed E-state index contributed by atoms with van der Waals surface area (Å²) in [5.41, 5.74) is 7.30. The lowest BCUT2D eigenvalue weighted by atomic mass is 10.00. The molecule has 2 atom stereocenters. The second-order valence-electron chi connectivity index (χ2n) is 5.99. The first-order valence-electron chi connectivity index (χ1n) is 8.13. The Labute approximate surface area is 181 Å². The molecule has 150 valence electrons. The average Bonchev–Trinajstić information content (AvgIpc) is 2.64. The summed E-state index contributed by atoms with van der Waals surface area (Å²) in [5, 5.41) is 11.3. The fourth-order valence-corrected chi connectivity index (χ4v) is 3.02. The molecule has 1 aromatic carbocycles. The summed E-state index contributed by atoms with van der Waals surface area (Å²) in [7, 11) is 0. The van der Waals surface area contributed by atoms with E-state index < -0.39 is 12.1 Å². The predicted molar refractivity (Wildman–Crippen MR) is 112 cm³/mol. The van der Waals surface area contributed by atoms with Crippen LogP contribution in [-0.4, -0.2) is 29.4 Å². The van der Waals surface area contributed by atoms with Crippen molar-refractivity contribution in [1.82, 2.24) is 4.98 Å². The van der Waals surface area contributed by atoms with E-state index >= 15 is 0 Å². The highest BCUT2D eigenvalue weighted by Crippen LogP contribution is 2.31. The van der Waals surface area contributed by atoms with E-state index in [4.69, 9.17) is 38.4 Å². The quantitative estimate of drug-likeness (QED) is 0.692. The number of hydrogen-bond acceptors (Lipinski definition) is 5. The Hall–Kier alpha value is -0.790. The molecule has 2 heterocycles. The molecule has 1 aliphatic rings. The number of aliphatic hydroxyl groups excluding tert-OH is 1. The third-order valence-corrected chi connectivity index (χ3v) is 4.94. The Bertz CT molecular complexity index is 712. The van der Waals surface area contributed by atoms with Gasteiger partial charge in [0.1, 0.15) is 18.0 Å². The normalized spacial score (nSPS) is 16.6. The van der Waals surface area contributed by atoms with Gasteiger partial charge in [-0.2, -0.15) is 0 Å². The third kappa shape index (κ3) is 6.36. The van der Waals surface area contributed by atoms with E-state index in [0.717, 1.165) is 12.8 Å². The van der Waals surface area contributed by atoms with Crippen molar-refractivity contribution in [3.05, 3.63) is 57.8 Å². The lowest BCUT2D eigenvalue weighted by Gasteiger charge is -2.23. The molecule has 1 saturated heterocycles. The van der Waals surface area contributed by atoms with Crippen molar-refractivity contribution in [2.45, 2.75) is 31.1 Å². The maximum atomic E-state index is 10.5. The highest BCUT2D eigenvalue weighted by atomic mass is 35.5. The van der Waals surface area contributed by atoms with Gasteiger partial charge in [0.25, 0.3) is 0 Å². The van der Waals surface area contributed by atoms with Gasteiger partial charge in [0, 0.05) is 12.8 Å². The van der Waals surface area contributed by atoms with Crippen molar-refractivity contribution in [3.63, 3.8) is 0 Å². The summed E-state index contributed by atoms with van der Waals surface area (Å²) >= 11 is 11.9. The van der Waals surface area contributed by atoms with Crippen LogP contribution < -0.4 is 10.5 Å². The van der Waals surface area contributed by atoms with Crippen LogP contribution in [0, 0.1) is 0 Å². The van der Waals surface area contributed by atoms with Crippen LogP contribution >= 0.6 is 48.0 Å². The number of nitrogens with two attached hydrogens (primary N) is 1. The average molecular weight is 456 g/mol. The minimum atomic E-state index is -0.964. The number of aromatic nitrogens is 1. The SMILES string of the molecule is Cl.Cl.N[C@H](c1ccc(Cl)c(Cl)c1)[C@H](O)c1ccc(OC2CCOCC2)cn1. The zero-order valence-electron chi connectivity index (χ0n) is 14.4. The third-order valence-electron chi connectivity index (χ3n) is 4.20. The van der Waals surface area contributed by atoms with Gasteiger partial charge in [0.15, 0.2) is 0 Å². The molecule has 27 heavy (non-hydrogen) atoms. The zero-order chi connectivity index (χ0) is 17.8. The van der Waals surface area contributed by atoms with Crippen LogP contribution in [0.2, 0.25) is 10.0 Å². The second kappa shape index (κ2) is 11.3. The maximum absolute atomic E-state index is 10.5. The smallest absolute Gasteiger partial charge is 0.138 e. The van der Waals surface area contributed by atoms with Gasteiger partial charge in [-0.3, -0.25) is 4.98 Å². The van der Waals surface area contributed by atoms with Crippen molar-refractivity contribution in [2.75, 3.05) is 13.2 Å². The minimum Gasteiger partial charge on any atom is -0.489 e. The largest absolute Gasteiger partial charge is 0.489 e. The molecule has 1 fully saturated rings. The summed E-state index contributed by atoms with van der Waals surface area (Å²) in [6.45, 7) is 1.43. The van der Waals surface area contributed by atoms with Crippen LogP contribution in [-0.2, 0) is 4.74 Å². The van der Waals surface area contributed by atoms with E-state index in [2.05, 4.69) is 4.98 Å². The first-order valence-corrected chi connectivity index (χ1v) is 8.89. The van der Waals surface area contributed by atoms with Gasteiger partial charge >= 0.3 is 0 Å². The Morgan fingerprint density at radius 3 is 2.41 bits per heavy atom. The molecule has 0 bridgehead atoms. The van der Waals surface area contributed by atoms with Crippen molar-refractivity contribution in [3.8, 4) is 5.75 Å². The number of ether oxygens (including phenoxy) is 2. The van der Waals surface area contributed by atoms with Crippen molar-refractivity contribution in [2.24, 2.45) is 5.73 Å². The van der Waals surface area contributed by atoms with Crippen LogP contribution in [0.3, 0.4) is 0 Å². The van der Waals surface area contributed by atoms with Crippen LogP contribution in [0.25, 0.3) is 0 Å². The molecule has 0 spiro atoms. The first kappa shape index (κ1) is 24.2. The van der Waals surface area contributed by atoms with Gasteiger partial charge < -0.3 is 20.3 Å². The molecule has 0 amide bonds. The summed E-state index contributed by atoms with van der Waals surface area (Å²) in [5.74, 6) is 0.672. The van der Waals surface area contributed by atoms with Gasteiger partial charge in [0.2, 0.25) is 0 Å². The first-order chi connectivity index (χ1) is 12.0. The second-order valence-corrected chi connectivity index (χ2v) is 6.81. The highest BCUT2D eigenvalue weighted by molar-refractivity contribution is 6.42. The highest BCUT2D eigenvalue weighted by Gasteiger charge is 2.21. The van der Waals surface area contributed by atoms with E-state index in [-0.39, 0.29) is 30.9 Å². The Kier molecular flexibility index (Phi) is 10.1. The van der Waals surface area contributed by atoms with Crippen molar-refractivity contribution < 1.29 is 14.6 Å². The molecular formula is C18H22Cl4N2O3. The van der Waals surface area contributed by atoms with Crippen LogP contribution in [0.5, 0.6) is 5.75 Å². The maximum Gasteiger partial charge on any atom is 0.138 e. The summed E-state index contributed by atoms with van der Waals surface area (Å²) in [4.78, 5) is 4.29. The molecule has 0 unspecified atom stereocenters. The molecule has 5 nitrogen and oxygen atoms in total. The molecule has 0 aliphatic carbocycles. The molecule has 3 N–H and O–H groups in total. The van der Waals surface area contributed by atoms with Gasteiger partial charge in [-0.1, -0.05) is 29.3 Å². The molecule has 2 aromatic rings. The standard InChI is InChI=1S/C18H20Cl2N2O3.2ClH/c19-14-3-1-11(9-15(14)20)17(21)18(23)16-4-2-13(10-22-16)25-12-5-7-24-8-6-12;;/h1-4,9-10,12,17-18,23H,5-8,21H2;2*1H/t17-,18-;;/m1../s1. The van der Waals surface area contributed by atoms with Gasteiger partial charge in [-0.05, 0) is 29.8 Å². The summed E-state index contributed by atoms with van der Waals surface area (Å²) < 4.78 is 11.2. The Morgan fingerprint density at radius 1 is 1.11 bits per heavy atom. The number of pyridine rings is 1. The summed E-state index contributed by atoms with van der Waals surface area (Å²) in [6, 6.07) is 7.90. The van der Waals surface area contributed by atoms with E-state index in [9.17, 15) is 5.11 Å². The van der Waals surface area contributed by atoms with Gasteiger partial charge in [-0.25, -0.2) is 0 Å². The Balaban J connectivity index is 0.00000182. The zero-order valence-corrected chi connectivity index (χ0v) is 17.5. The number of halogens is 4. The molecule has 3 rings (SSSR count). The van der Waals surface area contributed by atoms with Crippen LogP contribution in [0.1, 0.15) is 36.2 Å². The molecule has 0 saturated carbocycles. The van der Waals surface area contributed by atoms with E-state index in [1.54, 1.807) is 36.5 Å². The molecule has 1 aliphatic heterocycles. The number of aliphatic hydroxyl groups is 1. The number of hydrogen-bond donors (Lipinski definition) is 2. The number of benzene rings is 1. The number of nitrogens with zero attached hydrogens (tertiary/aromatic N) is 1. The molecule has 1 aromatic heterocycles. The molecular weight excluding hydrogens is 434 g/mol. The summed E-state index contributed by atoms with van der Waals surface area (Å²) in [6.07, 6.45) is 2.52. The molecule has 0 radical (unpaired) electrons. The van der Waals surface area contributed by atoms with Crippen LogP contribution in [0.4, 0.5) is 0 Å². The topological polar surface area (TPSA) is 77.6 Å². The lowest BCUT2D eigenvalue weighted by molar-refractivity contribution is 0.0253. The Morgan fingerprint density at radius 2 is 1.81 bits per heavy atom. The fraction of sp³-hybridized carbons (Fsp3) is 0.389. The van der Waals surface area contributed by atoms with E-state index in [1.165, 1.54) is 0 Å². The van der Waals surface area contributed by atoms with Gasteiger partial charge in [0.05, 0.1) is 41.2 Å². The van der Waals surface area contributed by atoms with Crippen molar-refractivity contribution in [1.29, 1.82) is 0 Å². The number of rotatable bonds is 5. The van der Waals surface area contributed by atoms with Crippen molar-refractivity contribution >= 4 is 48.0 Å². The fourth-order valence-electron chi connectivity index (χ4n) is 2.71. The predicted octanol–water partition coefficient (Wildman–Crippen LogP) is 4.52.